The zero-order valence-corrected chi connectivity index (χ0v) is 11.5. The molecule has 0 bridgehead atoms. The van der Waals surface area contributed by atoms with Gasteiger partial charge in [0.05, 0.1) is 12.6 Å². The Hall–Kier alpha value is -0.500. The topological polar surface area (TPSA) is 21.3 Å². The summed E-state index contributed by atoms with van der Waals surface area (Å²) in [5, 5.41) is 3.37. The molecule has 1 rings (SSSR count). The van der Waals surface area contributed by atoms with Crippen molar-refractivity contribution in [2.24, 2.45) is 11.3 Å². The van der Waals surface area contributed by atoms with Crippen LogP contribution in [0.2, 0.25) is 0 Å². The van der Waals surface area contributed by atoms with E-state index >= 15 is 0 Å². The van der Waals surface area contributed by atoms with Crippen LogP contribution in [0.4, 0.5) is 0 Å². The van der Waals surface area contributed by atoms with Gasteiger partial charge in [0, 0.05) is 6.42 Å². The summed E-state index contributed by atoms with van der Waals surface area (Å²) in [7, 11) is 2.02. The third kappa shape index (κ3) is 4.56. The fourth-order valence-electron chi connectivity index (χ4n) is 2.59. The molecule has 94 valence electrons. The fraction of sp³-hybridized carbons (Fsp3) is 0.857. The van der Waals surface area contributed by atoms with E-state index in [2.05, 4.69) is 39.1 Å². The molecule has 0 aliphatic carbocycles. The minimum atomic E-state index is 0.403. The summed E-state index contributed by atoms with van der Waals surface area (Å²) in [6.07, 6.45) is 5.73. The van der Waals surface area contributed by atoms with Crippen molar-refractivity contribution in [2.75, 3.05) is 13.7 Å². The zero-order valence-electron chi connectivity index (χ0n) is 11.5. The molecule has 0 saturated heterocycles. The molecule has 0 aromatic rings. The molecule has 0 radical (unpaired) electrons. The molecule has 1 heterocycles. The van der Waals surface area contributed by atoms with Gasteiger partial charge in [-0.1, -0.05) is 27.7 Å². The SMILES string of the molecule is CNC(CC(C)CC(C)(C)C)C1=CCCO1. The number of ether oxygens (including phenoxy) is 1. The van der Waals surface area contributed by atoms with Gasteiger partial charge >= 0.3 is 0 Å². The Morgan fingerprint density at radius 1 is 1.44 bits per heavy atom. The quantitative estimate of drug-likeness (QED) is 0.775. The number of likely N-dealkylation sites (N-methyl/N-ethyl adjacent to an activating group) is 1. The van der Waals surface area contributed by atoms with Crippen LogP contribution in [0, 0.1) is 11.3 Å². The van der Waals surface area contributed by atoms with E-state index in [1.807, 2.05) is 7.05 Å². The van der Waals surface area contributed by atoms with Crippen molar-refractivity contribution in [3.05, 3.63) is 11.8 Å². The fourth-order valence-corrected chi connectivity index (χ4v) is 2.59. The van der Waals surface area contributed by atoms with Gasteiger partial charge in [-0.15, -0.1) is 0 Å². The van der Waals surface area contributed by atoms with E-state index < -0.39 is 0 Å². The maximum Gasteiger partial charge on any atom is 0.109 e. The summed E-state index contributed by atoms with van der Waals surface area (Å²) in [5.41, 5.74) is 0.419. The van der Waals surface area contributed by atoms with Crippen molar-refractivity contribution in [2.45, 2.75) is 53.0 Å². The number of rotatable bonds is 5. The summed E-state index contributed by atoms with van der Waals surface area (Å²) >= 11 is 0. The van der Waals surface area contributed by atoms with Gasteiger partial charge in [0.1, 0.15) is 5.76 Å². The number of nitrogens with one attached hydrogen (secondary N) is 1. The molecular weight excluding hydrogens is 198 g/mol. The summed E-state index contributed by atoms with van der Waals surface area (Å²) in [6, 6.07) is 0.403. The van der Waals surface area contributed by atoms with E-state index in [0.29, 0.717) is 11.5 Å². The monoisotopic (exact) mass is 225 g/mol. The van der Waals surface area contributed by atoms with E-state index in [1.165, 1.54) is 12.8 Å². The van der Waals surface area contributed by atoms with Crippen LogP contribution >= 0.6 is 0 Å². The minimum absolute atomic E-state index is 0.403. The van der Waals surface area contributed by atoms with Crippen LogP contribution in [0.25, 0.3) is 0 Å². The first kappa shape index (κ1) is 13.6. The second kappa shape index (κ2) is 5.72. The number of hydrogen-bond acceptors (Lipinski definition) is 2. The smallest absolute Gasteiger partial charge is 0.109 e. The van der Waals surface area contributed by atoms with Crippen LogP contribution in [-0.4, -0.2) is 19.7 Å². The molecule has 2 unspecified atom stereocenters. The largest absolute Gasteiger partial charge is 0.496 e. The summed E-state index contributed by atoms with van der Waals surface area (Å²) in [4.78, 5) is 0. The lowest BCUT2D eigenvalue weighted by Gasteiger charge is -2.27. The predicted octanol–water partition coefficient (Wildman–Crippen LogP) is 3.34. The zero-order chi connectivity index (χ0) is 12.2. The summed E-state index contributed by atoms with van der Waals surface area (Å²) in [6.45, 7) is 10.1. The van der Waals surface area contributed by atoms with Crippen molar-refractivity contribution in [1.29, 1.82) is 0 Å². The lowest BCUT2D eigenvalue weighted by atomic mass is 9.82. The van der Waals surface area contributed by atoms with Crippen LogP contribution < -0.4 is 5.32 Å². The van der Waals surface area contributed by atoms with Crippen LogP contribution in [0.1, 0.15) is 47.0 Å². The highest BCUT2D eigenvalue weighted by Gasteiger charge is 2.22. The third-order valence-electron chi connectivity index (χ3n) is 3.02. The van der Waals surface area contributed by atoms with Crippen molar-refractivity contribution < 1.29 is 4.74 Å². The summed E-state index contributed by atoms with van der Waals surface area (Å²) < 4.78 is 5.64. The van der Waals surface area contributed by atoms with Gasteiger partial charge in [-0.2, -0.15) is 0 Å². The molecule has 2 heteroatoms. The van der Waals surface area contributed by atoms with E-state index in [0.717, 1.165) is 24.7 Å². The Kier molecular flexibility index (Phi) is 4.85. The second-order valence-electron chi connectivity index (χ2n) is 6.19. The van der Waals surface area contributed by atoms with Crippen LogP contribution in [0.15, 0.2) is 11.8 Å². The lowest BCUT2D eigenvalue weighted by Crippen LogP contribution is -2.30. The molecule has 1 N–H and O–H groups in total. The van der Waals surface area contributed by atoms with Crippen molar-refractivity contribution in [3.8, 4) is 0 Å². The minimum Gasteiger partial charge on any atom is -0.496 e. The average Bonchev–Trinajstić information content (AvgIpc) is 2.63. The molecule has 0 saturated carbocycles. The van der Waals surface area contributed by atoms with Gasteiger partial charge in [-0.05, 0) is 37.3 Å². The Labute approximate surface area is 100 Å². The Balaban J connectivity index is 2.43. The molecule has 1 aliphatic rings. The van der Waals surface area contributed by atoms with E-state index in [9.17, 15) is 0 Å². The molecular formula is C14H27NO. The van der Waals surface area contributed by atoms with Gasteiger partial charge in [0.2, 0.25) is 0 Å². The van der Waals surface area contributed by atoms with E-state index in [1.54, 1.807) is 0 Å². The Morgan fingerprint density at radius 2 is 2.12 bits per heavy atom. The van der Waals surface area contributed by atoms with Crippen LogP contribution in [-0.2, 0) is 4.74 Å². The highest BCUT2D eigenvalue weighted by atomic mass is 16.5. The second-order valence-corrected chi connectivity index (χ2v) is 6.19. The van der Waals surface area contributed by atoms with Gasteiger partial charge in [-0.3, -0.25) is 0 Å². The van der Waals surface area contributed by atoms with Crippen LogP contribution in [0.3, 0.4) is 0 Å². The molecule has 16 heavy (non-hydrogen) atoms. The first-order chi connectivity index (χ1) is 7.42. The molecule has 0 amide bonds. The first-order valence-electron chi connectivity index (χ1n) is 6.42. The summed E-state index contributed by atoms with van der Waals surface area (Å²) in [5.74, 6) is 1.88. The molecule has 1 aliphatic heterocycles. The van der Waals surface area contributed by atoms with Crippen molar-refractivity contribution in [3.63, 3.8) is 0 Å². The Bertz CT molecular complexity index is 240. The van der Waals surface area contributed by atoms with E-state index in [-0.39, 0.29) is 0 Å². The predicted molar refractivity (Wildman–Crippen MR) is 69.4 cm³/mol. The third-order valence-corrected chi connectivity index (χ3v) is 3.02. The maximum atomic E-state index is 5.64. The van der Waals surface area contributed by atoms with Crippen molar-refractivity contribution >= 4 is 0 Å². The molecule has 2 nitrogen and oxygen atoms in total. The maximum absolute atomic E-state index is 5.64. The molecule has 0 aromatic heterocycles. The van der Waals surface area contributed by atoms with Gasteiger partial charge in [0.25, 0.3) is 0 Å². The van der Waals surface area contributed by atoms with Gasteiger partial charge in [0.15, 0.2) is 0 Å². The number of hydrogen-bond donors (Lipinski definition) is 1. The molecule has 0 fully saturated rings. The lowest BCUT2D eigenvalue weighted by molar-refractivity contribution is 0.199. The molecule has 2 atom stereocenters. The molecule has 0 spiro atoms. The standard InChI is InChI=1S/C14H27NO/c1-11(10-14(2,3)4)9-12(15-5)13-7-6-8-16-13/h7,11-12,15H,6,8-10H2,1-5H3. The van der Waals surface area contributed by atoms with Crippen LogP contribution in [0.5, 0.6) is 0 Å². The molecule has 0 aromatic carbocycles. The van der Waals surface area contributed by atoms with Crippen molar-refractivity contribution in [1.82, 2.24) is 5.32 Å². The first-order valence-corrected chi connectivity index (χ1v) is 6.42. The Morgan fingerprint density at radius 3 is 2.56 bits per heavy atom. The van der Waals surface area contributed by atoms with Gasteiger partial charge < -0.3 is 10.1 Å². The average molecular weight is 225 g/mol. The normalized spacial score (nSPS) is 20.2. The highest BCUT2D eigenvalue weighted by molar-refractivity contribution is 5.07. The van der Waals surface area contributed by atoms with Gasteiger partial charge in [-0.25, -0.2) is 0 Å². The van der Waals surface area contributed by atoms with E-state index in [4.69, 9.17) is 4.74 Å². The highest BCUT2D eigenvalue weighted by Crippen LogP contribution is 2.28.